The monoisotopic (exact) mass is 302 g/mol. The predicted molar refractivity (Wildman–Crippen MR) is 84.1 cm³/mol. The number of nitrogens with one attached hydrogen (secondary N) is 1. The first-order valence-electron chi connectivity index (χ1n) is 6.26. The molecule has 0 aliphatic carbocycles. The van der Waals surface area contributed by atoms with Gasteiger partial charge in [-0.15, -0.1) is 11.3 Å². The van der Waals surface area contributed by atoms with Gasteiger partial charge in [-0.1, -0.05) is 30.3 Å². The van der Waals surface area contributed by atoms with Crippen LogP contribution in [0.2, 0.25) is 4.34 Å². The SMILES string of the molecule is CCC1(C)CCSC(=NC(C)c2ccc(Cl)s2)N1. The van der Waals surface area contributed by atoms with E-state index in [0.29, 0.717) is 0 Å². The molecule has 1 N–H and O–H groups in total. The molecule has 18 heavy (non-hydrogen) atoms. The van der Waals surface area contributed by atoms with Crippen LogP contribution in [0.4, 0.5) is 0 Å². The molecule has 100 valence electrons. The summed E-state index contributed by atoms with van der Waals surface area (Å²) in [5.41, 5.74) is 0.205. The number of hydrogen-bond donors (Lipinski definition) is 1. The Morgan fingerprint density at radius 1 is 1.56 bits per heavy atom. The molecule has 1 aliphatic rings. The lowest BCUT2D eigenvalue weighted by atomic mass is 9.96. The summed E-state index contributed by atoms with van der Waals surface area (Å²) in [4.78, 5) is 6.00. The van der Waals surface area contributed by atoms with E-state index in [9.17, 15) is 0 Å². The zero-order valence-corrected chi connectivity index (χ0v) is 13.4. The van der Waals surface area contributed by atoms with Gasteiger partial charge in [0.25, 0.3) is 0 Å². The molecule has 0 spiro atoms. The molecular formula is C13H19ClN2S2. The van der Waals surface area contributed by atoms with Crippen molar-refractivity contribution in [1.82, 2.24) is 5.32 Å². The van der Waals surface area contributed by atoms with Crippen molar-refractivity contribution in [2.75, 3.05) is 5.75 Å². The first-order valence-corrected chi connectivity index (χ1v) is 8.44. The molecule has 0 saturated carbocycles. The molecule has 0 aromatic carbocycles. The van der Waals surface area contributed by atoms with E-state index in [0.717, 1.165) is 21.7 Å². The van der Waals surface area contributed by atoms with Crippen LogP contribution in [0.15, 0.2) is 17.1 Å². The van der Waals surface area contributed by atoms with Crippen LogP contribution in [-0.2, 0) is 0 Å². The molecule has 1 fully saturated rings. The number of amidine groups is 1. The van der Waals surface area contributed by atoms with E-state index in [1.54, 1.807) is 11.3 Å². The normalized spacial score (nSPS) is 28.1. The Bertz CT molecular complexity index is 444. The molecular weight excluding hydrogens is 284 g/mol. The first-order chi connectivity index (χ1) is 8.52. The van der Waals surface area contributed by atoms with Crippen molar-refractivity contribution < 1.29 is 0 Å². The number of thiophene rings is 1. The number of thioether (sulfide) groups is 1. The van der Waals surface area contributed by atoms with Crippen LogP contribution < -0.4 is 5.32 Å². The second kappa shape index (κ2) is 5.85. The lowest BCUT2D eigenvalue weighted by molar-refractivity contribution is 0.389. The van der Waals surface area contributed by atoms with Crippen molar-refractivity contribution in [2.45, 2.75) is 45.2 Å². The van der Waals surface area contributed by atoms with E-state index in [1.165, 1.54) is 11.3 Å². The van der Waals surface area contributed by atoms with Gasteiger partial charge in [-0.25, -0.2) is 0 Å². The van der Waals surface area contributed by atoms with Crippen LogP contribution in [-0.4, -0.2) is 16.5 Å². The van der Waals surface area contributed by atoms with E-state index in [1.807, 2.05) is 17.8 Å². The van der Waals surface area contributed by atoms with Gasteiger partial charge in [0.1, 0.15) is 0 Å². The van der Waals surface area contributed by atoms with Crippen molar-refractivity contribution in [1.29, 1.82) is 0 Å². The molecule has 1 aromatic rings. The summed E-state index contributed by atoms with van der Waals surface area (Å²) in [5.74, 6) is 1.15. The summed E-state index contributed by atoms with van der Waals surface area (Å²) in [7, 11) is 0. The number of halogens is 1. The Hall–Kier alpha value is -0.190. The van der Waals surface area contributed by atoms with Gasteiger partial charge < -0.3 is 5.32 Å². The van der Waals surface area contributed by atoms with Gasteiger partial charge >= 0.3 is 0 Å². The molecule has 0 radical (unpaired) electrons. The zero-order chi connectivity index (χ0) is 13.2. The molecule has 2 atom stereocenters. The molecule has 1 aromatic heterocycles. The van der Waals surface area contributed by atoms with Crippen LogP contribution in [0.1, 0.15) is 44.5 Å². The van der Waals surface area contributed by atoms with E-state index >= 15 is 0 Å². The quantitative estimate of drug-likeness (QED) is 0.874. The lowest BCUT2D eigenvalue weighted by Crippen LogP contribution is -2.48. The summed E-state index contributed by atoms with van der Waals surface area (Å²) in [6.07, 6.45) is 2.33. The molecule has 2 nitrogen and oxygen atoms in total. The van der Waals surface area contributed by atoms with Gasteiger partial charge in [0.05, 0.1) is 10.4 Å². The highest BCUT2D eigenvalue weighted by atomic mass is 35.5. The highest BCUT2D eigenvalue weighted by Gasteiger charge is 2.27. The van der Waals surface area contributed by atoms with E-state index in [-0.39, 0.29) is 11.6 Å². The van der Waals surface area contributed by atoms with Crippen molar-refractivity contribution in [3.63, 3.8) is 0 Å². The maximum atomic E-state index is 5.96. The van der Waals surface area contributed by atoms with Gasteiger partial charge in [0.2, 0.25) is 0 Å². The Labute approximate surface area is 122 Å². The third kappa shape index (κ3) is 3.43. The standard InChI is InChI=1S/C13H19ClN2S2/c1-4-13(3)7-8-17-12(16-13)15-9(2)10-5-6-11(14)18-10/h5-6,9H,4,7-8H2,1-3H3,(H,15,16). The zero-order valence-electron chi connectivity index (χ0n) is 11.0. The summed E-state index contributed by atoms with van der Waals surface area (Å²) >= 11 is 9.40. The minimum atomic E-state index is 0.178. The number of nitrogens with zero attached hydrogens (tertiary/aromatic N) is 1. The fraction of sp³-hybridized carbons (Fsp3) is 0.615. The highest BCUT2D eigenvalue weighted by Crippen LogP contribution is 2.31. The lowest BCUT2D eigenvalue weighted by Gasteiger charge is -2.35. The molecule has 0 amide bonds. The summed E-state index contributed by atoms with van der Waals surface area (Å²) < 4.78 is 0.833. The number of hydrogen-bond acceptors (Lipinski definition) is 3. The highest BCUT2D eigenvalue weighted by molar-refractivity contribution is 8.13. The molecule has 1 saturated heterocycles. The van der Waals surface area contributed by atoms with Gasteiger partial charge in [0.15, 0.2) is 5.17 Å². The summed E-state index contributed by atoms with van der Waals surface area (Å²) in [6, 6.07) is 4.18. The average molecular weight is 303 g/mol. The minimum Gasteiger partial charge on any atom is -0.360 e. The Morgan fingerprint density at radius 2 is 2.33 bits per heavy atom. The Balaban J connectivity index is 2.08. The van der Waals surface area contributed by atoms with E-state index in [4.69, 9.17) is 16.6 Å². The molecule has 2 unspecified atom stereocenters. The van der Waals surface area contributed by atoms with Crippen LogP contribution in [0, 0.1) is 0 Å². The van der Waals surface area contributed by atoms with Gasteiger partial charge in [-0.05, 0) is 38.8 Å². The number of rotatable bonds is 3. The average Bonchev–Trinajstić information content (AvgIpc) is 2.76. The van der Waals surface area contributed by atoms with Gasteiger partial charge in [-0.2, -0.15) is 0 Å². The van der Waals surface area contributed by atoms with Crippen molar-refractivity contribution in [3.05, 3.63) is 21.3 Å². The first kappa shape index (κ1) is 14.2. The van der Waals surface area contributed by atoms with Gasteiger partial charge in [-0.3, -0.25) is 4.99 Å². The van der Waals surface area contributed by atoms with Crippen LogP contribution in [0.3, 0.4) is 0 Å². The van der Waals surface area contributed by atoms with Crippen LogP contribution in [0.5, 0.6) is 0 Å². The predicted octanol–water partition coefficient (Wildman–Crippen LogP) is 4.71. The molecule has 1 aliphatic heterocycles. The third-order valence-corrected chi connectivity index (χ3v) is 5.69. The van der Waals surface area contributed by atoms with Crippen molar-refractivity contribution >= 4 is 39.9 Å². The van der Waals surface area contributed by atoms with Gasteiger partial charge in [0, 0.05) is 16.2 Å². The topological polar surface area (TPSA) is 24.4 Å². The second-order valence-electron chi connectivity index (χ2n) is 4.89. The Morgan fingerprint density at radius 3 is 2.94 bits per heavy atom. The van der Waals surface area contributed by atoms with Crippen LogP contribution >= 0.6 is 34.7 Å². The Kier molecular flexibility index (Phi) is 4.62. The number of aliphatic imine (C=N–C) groups is 1. The van der Waals surface area contributed by atoms with Crippen LogP contribution in [0.25, 0.3) is 0 Å². The fourth-order valence-electron chi connectivity index (χ4n) is 1.86. The second-order valence-corrected chi connectivity index (χ2v) is 7.72. The largest absolute Gasteiger partial charge is 0.360 e. The summed E-state index contributed by atoms with van der Waals surface area (Å²) in [5, 5.41) is 4.64. The smallest absolute Gasteiger partial charge is 0.157 e. The van der Waals surface area contributed by atoms with Crippen molar-refractivity contribution in [2.24, 2.45) is 4.99 Å². The maximum Gasteiger partial charge on any atom is 0.157 e. The van der Waals surface area contributed by atoms with E-state index in [2.05, 4.69) is 32.2 Å². The maximum absolute atomic E-state index is 5.96. The molecule has 2 rings (SSSR count). The van der Waals surface area contributed by atoms with E-state index < -0.39 is 0 Å². The third-order valence-electron chi connectivity index (χ3n) is 3.40. The minimum absolute atomic E-state index is 0.178. The van der Waals surface area contributed by atoms with Crippen molar-refractivity contribution in [3.8, 4) is 0 Å². The summed E-state index contributed by atoms with van der Waals surface area (Å²) in [6.45, 7) is 6.62. The molecule has 0 bridgehead atoms. The fourth-order valence-corrected chi connectivity index (χ4v) is 4.20. The molecule has 2 heterocycles. The molecule has 5 heteroatoms.